The van der Waals surface area contributed by atoms with E-state index in [-0.39, 0.29) is 0 Å². The number of nitrogens with two attached hydrogens (primary N) is 2. The Labute approximate surface area is 84.9 Å². The van der Waals surface area contributed by atoms with E-state index in [0.717, 1.165) is 23.4 Å². The van der Waals surface area contributed by atoms with Crippen LogP contribution in [0.1, 0.15) is 18.9 Å². The highest BCUT2D eigenvalue weighted by molar-refractivity contribution is 5.63. The van der Waals surface area contributed by atoms with E-state index in [9.17, 15) is 0 Å². The van der Waals surface area contributed by atoms with Crippen molar-refractivity contribution in [3.8, 4) is 0 Å². The minimum absolute atomic E-state index is 0.738. The van der Waals surface area contributed by atoms with Crippen LogP contribution in [0.5, 0.6) is 0 Å². The van der Waals surface area contributed by atoms with Crippen LogP contribution in [0.2, 0.25) is 0 Å². The van der Waals surface area contributed by atoms with Crippen LogP contribution in [0.15, 0.2) is 48.2 Å². The van der Waals surface area contributed by atoms with Crippen LogP contribution >= 0.6 is 0 Å². The van der Waals surface area contributed by atoms with Crippen molar-refractivity contribution in [1.29, 1.82) is 0 Å². The summed E-state index contributed by atoms with van der Waals surface area (Å²) >= 11 is 0. The Morgan fingerprint density at radius 3 is 2.36 bits per heavy atom. The van der Waals surface area contributed by atoms with Crippen molar-refractivity contribution in [2.75, 3.05) is 0 Å². The molecule has 0 saturated heterocycles. The highest BCUT2D eigenvalue weighted by Gasteiger charge is 1.92. The van der Waals surface area contributed by atoms with E-state index in [0.29, 0.717) is 0 Å². The molecule has 74 valence electrons. The van der Waals surface area contributed by atoms with Crippen molar-refractivity contribution >= 4 is 5.70 Å². The van der Waals surface area contributed by atoms with Crippen LogP contribution in [0.4, 0.5) is 0 Å². The van der Waals surface area contributed by atoms with Gasteiger partial charge < -0.3 is 11.5 Å². The van der Waals surface area contributed by atoms with E-state index in [4.69, 9.17) is 11.5 Å². The average molecular weight is 188 g/mol. The first-order valence-corrected chi connectivity index (χ1v) is 4.71. The quantitative estimate of drug-likeness (QED) is 0.715. The highest BCUT2D eigenvalue weighted by Crippen LogP contribution is 2.08. The largest absolute Gasteiger partial charge is 0.402 e. The minimum atomic E-state index is 0.738. The van der Waals surface area contributed by atoms with Gasteiger partial charge in [0.05, 0.1) is 0 Å². The number of benzene rings is 1. The molecule has 0 heterocycles. The molecule has 0 unspecified atom stereocenters. The molecule has 0 aromatic heterocycles. The lowest BCUT2D eigenvalue weighted by Crippen LogP contribution is -1.97. The second kappa shape index (κ2) is 5.12. The van der Waals surface area contributed by atoms with Crippen molar-refractivity contribution in [2.45, 2.75) is 13.3 Å². The molecule has 0 amide bonds. The predicted molar refractivity (Wildman–Crippen MR) is 61.2 cm³/mol. The molecule has 0 aliphatic heterocycles. The van der Waals surface area contributed by atoms with Crippen molar-refractivity contribution in [3.63, 3.8) is 0 Å². The Hall–Kier alpha value is -1.70. The van der Waals surface area contributed by atoms with E-state index < -0.39 is 0 Å². The molecule has 2 nitrogen and oxygen atoms in total. The standard InChI is InChI=1S/C12H16N2/c1-2-11(13)8-9-12(14)10-6-4-3-5-7-10/h3-9H,2,13-14H2,1H3/b11-8-,12-9-. The Balaban J connectivity index is 2.81. The van der Waals surface area contributed by atoms with Gasteiger partial charge >= 0.3 is 0 Å². The maximum atomic E-state index is 5.86. The molecular formula is C12H16N2. The van der Waals surface area contributed by atoms with E-state index in [1.165, 1.54) is 0 Å². The SMILES string of the molecule is CC/C(N)=C/C=C(\N)c1ccccc1. The Morgan fingerprint density at radius 1 is 1.14 bits per heavy atom. The molecule has 14 heavy (non-hydrogen) atoms. The summed E-state index contributed by atoms with van der Waals surface area (Å²) in [6.07, 6.45) is 4.54. The first kappa shape index (κ1) is 10.4. The van der Waals surface area contributed by atoms with Gasteiger partial charge in [-0.3, -0.25) is 0 Å². The fourth-order valence-corrected chi connectivity index (χ4v) is 1.04. The van der Waals surface area contributed by atoms with Crippen LogP contribution in [0.25, 0.3) is 5.70 Å². The molecule has 2 heteroatoms. The lowest BCUT2D eigenvalue weighted by molar-refractivity contribution is 1.07. The van der Waals surface area contributed by atoms with Gasteiger partial charge in [0, 0.05) is 11.4 Å². The molecule has 1 rings (SSSR count). The molecule has 0 atom stereocenters. The first-order valence-electron chi connectivity index (χ1n) is 4.71. The van der Waals surface area contributed by atoms with E-state index in [2.05, 4.69) is 0 Å². The zero-order valence-electron chi connectivity index (χ0n) is 8.40. The molecule has 0 aliphatic rings. The van der Waals surface area contributed by atoms with Gasteiger partial charge in [-0.1, -0.05) is 37.3 Å². The molecule has 0 saturated carbocycles. The molecule has 0 bridgehead atoms. The topological polar surface area (TPSA) is 52.0 Å². The maximum absolute atomic E-state index is 5.86. The molecule has 0 fully saturated rings. The van der Waals surface area contributed by atoms with Crippen molar-refractivity contribution in [1.82, 2.24) is 0 Å². The first-order chi connectivity index (χ1) is 6.74. The molecule has 0 spiro atoms. The third-order valence-electron chi connectivity index (χ3n) is 1.99. The number of hydrogen-bond donors (Lipinski definition) is 2. The van der Waals surface area contributed by atoms with E-state index in [1.54, 1.807) is 0 Å². The van der Waals surface area contributed by atoms with Gasteiger partial charge in [-0.05, 0) is 24.1 Å². The number of hydrogen-bond acceptors (Lipinski definition) is 2. The van der Waals surface area contributed by atoms with Crippen LogP contribution in [-0.4, -0.2) is 0 Å². The monoisotopic (exact) mass is 188 g/mol. The zero-order chi connectivity index (χ0) is 10.4. The second-order valence-corrected chi connectivity index (χ2v) is 3.08. The molecule has 1 aromatic rings. The van der Waals surface area contributed by atoms with E-state index in [1.807, 2.05) is 49.4 Å². The van der Waals surface area contributed by atoms with Crippen molar-refractivity contribution in [2.24, 2.45) is 11.5 Å². The third-order valence-corrected chi connectivity index (χ3v) is 1.99. The minimum Gasteiger partial charge on any atom is -0.402 e. The molecule has 1 aromatic carbocycles. The van der Waals surface area contributed by atoms with Crippen LogP contribution in [-0.2, 0) is 0 Å². The zero-order valence-corrected chi connectivity index (χ0v) is 8.40. The van der Waals surface area contributed by atoms with Gasteiger partial charge in [0.25, 0.3) is 0 Å². The maximum Gasteiger partial charge on any atom is 0.0388 e. The van der Waals surface area contributed by atoms with Crippen LogP contribution in [0, 0.1) is 0 Å². The Morgan fingerprint density at radius 2 is 1.79 bits per heavy atom. The summed E-state index contributed by atoms with van der Waals surface area (Å²) in [4.78, 5) is 0. The van der Waals surface area contributed by atoms with Gasteiger partial charge in [0.2, 0.25) is 0 Å². The third kappa shape index (κ3) is 2.98. The summed E-state index contributed by atoms with van der Waals surface area (Å²) < 4.78 is 0. The van der Waals surface area contributed by atoms with Gasteiger partial charge in [0.15, 0.2) is 0 Å². The Bertz CT molecular complexity index is 337. The summed E-state index contributed by atoms with van der Waals surface area (Å²) in [5.74, 6) is 0. The Kier molecular flexibility index (Phi) is 3.80. The van der Waals surface area contributed by atoms with Crippen LogP contribution in [0.3, 0.4) is 0 Å². The van der Waals surface area contributed by atoms with Gasteiger partial charge in [-0.15, -0.1) is 0 Å². The average Bonchev–Trinajstić information content (AvgIpc) is 2.26. The van der Waals surface area contributed by atoms with Crippen molar-refractivity contribution in [3.05, 3.63) is 53.7 Å². The summed E-state index contributed by atoms with van der Waals surface area (Å²) in [5, 5.41) is 0. The molecule has 0 radical (unpaired) electrons. The predicted octanol–water partition coefficient (Wildman–Crippen LogP) is 2.24. The van der Waals surface area contributed by atoms with Crippen molar-refractivity contribution < 1.29 is 0 Å². The summed E-state index contributed by atoms with van der Waals surface area (Å²) in [6.45, 7) is 2.01. The normalized spacial score (nSPS) is 12.9. The fourth-order valence-electron chi connectivity index (χ4n) is 1.04. The number of allylic oxidation sites excluding steroid dienone is 3. The van der Waals surface area contributed by atoms with Gasteiger partial charge in [-0.25, -0.2) is 0 Å². The second-order valence-electron chi connectivity index (χ2n) is 3.08. The lowest BCUT2D eigenvalue weighted by atomic mass is 10.1. The molecular weight excluding hydrogens is 172 g/mol. The number of rotatable bonds is 3. The van der Waals surface area contributed by atoms with E-state index >= 15 is 0 Å². The van der Waals surface area contributed by atoms with Crippen LogP contribution < -0.4 is 11.5 Å². The summed E-state index contributed by atoms with van der Waals surface area (Å²) in [5.41, 5.74) is 14.1. The summed E-state index contributed by atoms with van der Waals surface area (Å²) in [7, 11) is 0. The van der Waals surface area contributed by atoms with Gasteiger partial charge in [0.1, 0.15) is 0 Å². The molecule has 4 N–H and O–H groups in total. The van der Waals surface area contributed by atoms with Gasteiger partial charge in [-0.2, -0.15) is 0 Å². The molecule has 0 aliphatic carbocycles. The lowest BCUT2D eigenvalue weighted by Gasteiger charge is -1.99. The highest BCUT2D eigenvalue weighted by atomic mass is 14.6. The fraction of sp³-hybridized carbons (Fsp3) is 0.167. The smallest absolute Gasteiger partial charge is 0.0388 e. The summed E-state index contributed by atoms with van der Waals surface area (Å²) in [6, 6.07) is 9.84.